The van der Waals surface area contributed by atoms with Gasteiger partial charge in [-0.2, -0.15) is 10.5 Å². The molecule has 5 nitrogen and oxygen atoms in total. The number of nitriles is 2. The topological polar surface area (TPSA) is 77.1 Å². The van der Waals surface area contributed by atoms with Crippen molar-refractivity contribution < 1.29 is 9.53 Å². The number of rotatable bonds is 11. The lowest BCUT2D eigenvalue weighted by Gasteiger charge is -2.33. The number of nitrogens with zero attached hydrogens (tertiary/aromatic N) is 3. The molecule has 0 N–H and O–H groups in total. The Morgan fingerprint density at radius 2 is 1.07 bits per heavy atom. The third kappa shape index (κ3) is 7.73. The number of carbonyl (C=O) groups excluding carboxylic acids is 1. The van der Waals surface area contributed by atoms with Crippen molar-refractivity contribution in [3.63, 3.8) is 0 Å². The summed E-state index contributed by atoms with van der Waals surface area (Å²) in [7, 11) is 0. The molecular formula is C40H35N3O2. The average Bonchev–Trinajstić information content (AvgIpc) is 3.08. The van der Waals surface area contributed by atoms with Gasteiger partial charge in [-0.25, -0.2) is 0 Å². The van der Waals surface area contributed by atoms with E-state index in [0.717, 1.165) is 38.9 Å². The van der Waals surface area contributed by atoms with Crippen LogP contribution < -0.4 is 0 Å². The zero-order valence-electron chi connectivity index (χ0n) is 25.6. The molecule has 0 aliphatic carbocycles. The summed E-state index contributed by atoms with van der Waals surface area (Å²) in [6.45, 7) is 5.37. The summed E-state index contributed by atoms with van der Waals surface area (Å²) in [4.78, 5) is 15.8. The first kappa shape index (κ1) is 31.0. The van der Waals surface area contributed by atoms with E-state index in [1.54, 1.807) is 0 Å². The second-order valence-electron chi connectivity index (χ2n) is 11.4. The van der Waals surface area contributed by atoms with Crippen LogP contribution in [-0.4, -0.2) is 16.9 Å². The second kappa shape index (κ2) is 14.8. The van der Waals surface area contributed by atoms with Gasteiger partial charge in [-0.3, -0.25) is 9.69 Å². The number of esters is 1. The standard InChI is InChI=1S/C40H35N3O2/c1-29(2)39(40(44)45-28-32-10-4-3-5-11-32)43(26-30-16-20-33(21-17-30)37-14-8-6-12-35(37)24-41)27-31-18-22-34(23-19-31)38-15-9-7-13-36(38)25-42/h3-23,29,39H,26-28H2,1-2H3/t39-/m0/s1. The molecule has 0 aromatic heterocycles. The maximum absolute atomic E-state index is 13.7. The highest BCUT2D eigenvalue weighted by Gasteiger charge is 2.31. The van der Waals surface area contributed by atoms with E-state index < -0.39 is 6.04 Å². The number of hydrogen-bond acceptors (Lipinski definition) is 5. The molecule has 222 valence electrons. The zero-order valence-corrected chi connectivity index (χ0v) is 25.6. The summed E-state index contributed by atoms with van der Waals surface area (Å²) >= 11 is 0. The predicted molar refractivity (Wildman–Crippen MR) is 177 cm³/mol. The van der Waals surface area contributed by atoms with Crippen LogP contribution in [-0.2, 0) is 29.2 Å². The van der Waals surface area contributed by atoms with Gasteiger partial charge in [-0.15, -0.1) is 0 Å². The van der Waals surface area contributed by atoms with Gasteiger partial charge in [0.25, 0.3) is 0 Å². The molecule has 45 heavy (non-hydrogen) atoms. The fourth-order valence-corrected chi connectivity index (χ4v) is 5.62. The zero-order chi connectivity index (χ0) is 31.6. The highest BCUT2D eigenvalue weighted by Crippen LogP contribution is 2.27. The van der Waals surface area contributed by atoms with Gasteiger partial charge >= 0.3 is 5.97 Å². The highest BCUT2D eigenvalue weighted by molar-refractivity contribution is 5.76. The van der Waals surface area contributed by atoms with Crippen LogP contribution in [0.15, 0.2) is 127 Å². The van der Waals surface area contributed by atoms with E-state index in [4.69, 9.17) is 4.74 Å². The lowest BCUT2D eigenvalue weighted by molar-refractivity contribution is -0.154. The smallest absolute Gasteiger partial charge is 0.323 e. The summed E-state index contributed by atoms with van der Waals surface area (Å²) in [6.07, 6.45) is 0. The van der Waals surface area contributed by atoms with Gasteiger partial charge in [0, 0.05) is 13.1 Å². The molecule has 0 aliphatic heterocycles. The summed E-state index contributed by atoms with van der Waals surface area (Å²) < 4.78 is 5.87. The van der Waals surface area contributed by atoms with E-state index in [-0.39, 0.29) is 18.5 Å². The van der Waals surface area contributed by atoms with Crippen LogP contribution in [0.1, 0.15) is 41.7 Å². The molecule has 0 bridgehead atoms. The molecule has 0 radical (unpaired) electrons. The van der Waals surface area contributed by atoms with Gasteiger partial charge < -0.3 is 4.74 Å². The van der Waals surface area contributed by atoms with Crippen LogP contribution in [0.4, 0.5) is 0 Å². The Morgan fingerprint density at radius 3 is 1.51 bits per heavy atom. The van der Waals surface area contributed by atoms with Crippen molar-refractivity contribution >= 4 is 5.97 Å². The van der Waals surface area contributed by atoms with Gasteiger partial charge in [-0.1, -0.05) is 129 Å². The van der Waals surface area contributed by atoms with Crippen LogP contribution in [0.25, 0.3) is 22.3 Å². The van der Waals surface area contributed by atoms with E-state index in [0.29, 0.717) is 24.2 Å². The summed E-state index contributed by atoms with van der Waals surface area (Å²) in [5.74, 6) is -0.259. The van der Waals surface area contributed by atoms with Crippen molar-refractivity contribution in [1.29, 1.82) is 10.5 Å². The molecule has 0 heterocycles. The molecule has 5 aromatic rings. The van der Waals surface area contributed by atoms with Gasteiger partial charge in [0.2, 0.25) is 0 Å². The van der Waals surface area contributed by atoms with Crippen molar-refractivity contribution in [2.75, 3.05) is 0 Å². The fraction of sp³-hybridized carbons (Fsp3) is 0.175. The van der Waals surface area contributed by atoms with Gasteiger partial charge in [0.1, 0.15) is 12.6 Å². The van der Waals surface area contributed by atoms with Gasteiger partial charge in [0.05, 0.1) is 23.3 Å². The van der Waals surface area contributed by atoms with Crippen molar-refractivity contribution in [2.24, 2.45) is 5.92 Å². The molecule has 0 unspecified atom stereocenters. The normalized spacial score (nSPS) is 11.5. The van der Waals surface area contributed by atoms with Crippen molar-refractivity contribution in [2.45, 2.75) is 39.6 Å². The minimum absolute atomic E-state index is 0.00293. The second-order valence-corrected chi connectivity index (χ2v) is 11.4. The molecule has 0 aliphatic rings. The summed E-state index contributed by atoms with van der Waals surface area (Å²) in [6, 6.07) is 45.3. The Hall–Kier alpha value is -5.49. The molecule has 0 saturated carbocycles. The quantitative estimate of drug-likeness (QED) is 0.144. The van der Waals surface area contributed by atoms with Crippen LogP contribution in [0.2, 0.25) is 0 Å². The monoisotopic (exact) mass is 589 g/mol. The predicted octanol–water partition coefficient (Wildman–Crippen LogP) is 8.53. The van der Waals surface area contributed by atoms with Crippen LogP contribution >= 0.6 is 0 Å². The summed E-state index contributed by atoms with van der Waals surface area (Å²) in [5.41, 5.74) is 8.04. The Labute approximate surface area is 265 Å². The van der Waals surface area contributed by atoms with Gasteiger partial charge in [-0.05, 0) is 57.0 Å². The first-order valence-electron chi connectivity index (χ1n) is 15.1. The maximum atomic E-state index is 13.7. The lowest BCUT2D eigenvalue weighted by Crippen LogP contribution is -2.44. The van der Waals surface area contributed by atoms with Crippen LogP contribution in [0, 0.1) is 28.6 Å². The van der Waals surface area contributed by atoms with E-state index in [9.17, 15) is 15.3 Å². The molecular weight excluding hydrogens is 554 g/mol. The largest absolute Gasteiger partial charge is 0.460 e. The molecule has 0 saturated heterocycles. The van der Waals surface area contributed by atoms with E-state index in [2.05, 4.69) is 41.3 Å². The minimum atomic E-state index is -0.480. The number of hydrogen-bond donors (Lipinski definition) is 0. The number of benzene rings is 5. The SMILES string of the molecule is CC(C)[C@@H](C(=O)OCc1ccccc1)N(Cc1ccc(-c2ccccc2C#N)cc1)Cc1ccc(-c2ccccc2C#N)cc1. The van der Waals surface area contributed by atoms with Crippen LogP contribution in [0.5, 0.6) is 0 Å². The third-order valence-electron chi connectivity index (χ3n) is 7.89. The highest BCUT2D eigenvalue weighted by atomic mass is 16.5. The molecule has 5 rings (SSSR count). The maximum Gasteiger partial charge on any atom is 0.323 e. The molecule has 5 heteroatoms. The molecule has 5 aromatic carbocycles. The fourth-order valence-electron chi connectivity index (χ4n) is 5.62. The van der Waals surface area contributed by atoms with Crippen molar-refractivity contribution in [3.05, 3.63) is 155 Å². The Balaban J connectivity index is 1.42. The van der Waals surface area contributed by atoms with Gasteiger partial charge in [0.15, 0.2) is 0 Å². The van der Waals surface area contributed by atoms with E-state index in [1.165, 1.54) is 0 Å². The average molecular weight is 590 g/mol. The first-order valence-corrected chi connectivity index (χ1v) is 15.1. The Bertz CT molecular complexity index is 1710. The molecule has 1 atom stereocenters. The minimum Gasteiger partial charge on any atom is -0.460 e. The Kier molecular flexibility index (Phi) is 10.2. The molecule has 0 amide bonds. The number of ether oxygens (including phenoxy) is 1. The third-order valence-corrected chi connectivity index (χ3v) is 7.89. The Morgan fingerprint density at radius 1 is 0.622 bits per heavy atom. The first-order chi connectivity index (χ1) is 22.0. The number of carbonyl (C=O) groups is 1. The van der Waals surface area contributed by atoms with Crippen molar-refractivity contribution in [1.82, 2.24) is 4.90 Å². The molecule has 0 fully saturated rings. The van der Waals surface area contributed by atoms with Crippen LogP contribution in [0.3, 0.4) is 0 Å². The van der Waals surface area contributed by atoms with E-state index >= 15 is 0 Å². The molecule has 0 spiro atoms. The van der Waals surface area contributed by atoms with E-state index in [1.807, 2.05) is 117 Å². The summed E-state index contributed by atoms with van der Waals surface area (Å²) in [5, 5.41) is 19.1. The van der Waals surface area contributed by atoms with Crippen molar-refractivity contribution in [3.8, 4) is 34.4 Å². The lowest BCUT2D eigenvalue weighted by atomic mass is 9.97.